The van der Waals surface area contributed by atoms with E-state index in [1.54, 1.807) is 30.0 Å². The fourth-order valence-electron chi connectivity index (χ4n) is 2.76. The fraction of sp³-hybridized carbons (Fsp3) is 0.300. The van der Waals surface area contributed by atoms with Crippen LogP contribution >= 0.6 is 11.8 Å². The number of thioether (sulfide) groups is 1. The maximum absolute atomic E-state index is 12.2. The Balaban J connectivity index is 1.53. The molecule has 1 aliphatic carbocycles. The number of aryl methyl sites for hydroxylation is 2. The van der Waals surface area contributed by atoms with E-state index in [0.717, 1.165) is 46.4 Å². The van der Waals surface area contributed by atoms with Gasteiger partial charge in [0.1, 0.15) is 0 Å². The molecule has 0 bridgehead atoms. The Kier molecular flexibility index (Phi) is 6.24. The Morgan fingerprint density at radius 2 is 1.81 bits per heavy atom. The van der Waals surface area contributed by atoms with Crippen molar-refractivity contribution in [1.29, 1.82) is 0 Å². The van der Waals surface area contributed by atoms with Gasteiger partial charge in [-0.1, -0.05) is 23.9 Å². The van der Waals surface area contributed by atoms with Crippen molar-refractivity contribution >= 4 is 23.5 Å². The lowest BCUT2D eigenvalue weighted by atomic mass is 10.0. The zero-order valence-electron chi connectivity index (χ0n) is 15.4. The monoisotopic (exact) mass is 382 g/mol. The highest BCUT2D eigenvalue weighted by atomic mass is 32.2. The Bertz CT molecular complexity index is 858. The van der Waals surface area contributed by atoms with Crippen LogP contribution in [0.15, 0.2) is 47.3 Å². The van der Waals surface area contributed by atoms with Crippen molar-refractivity contribution in [2.24, 2.45) is 0 Å². The molecule has 0 radical (unpaired) electrons. The number of carbonyl (C=O) groups excluding carboxylic acids is 2. The molecular weight excluding hydrogens is 360 g/mol. The van der Waals surface area contributed by atoms with Gasteiger partial charge in [-0.15, -0.1) is 0 Å². The molecule has 1 amide bonds. The van der Waals surface area contributed by atoms with Crippen molar-refractivity contribution in [2.45, 2.75) is 44.0 Å². The van der Waals surface area contributed by atoms with Crippen LogP contribution in [0.3, 0.4) is 0 Å². The summed E-state index contributed by atoms with van der Waals surface area (Å²) in [5.41, 5.74) is 9.80. The van der Waals surface area contributed by atoms with E-state index < -0.39 is 0 Å². The summed E-state index contributed by atoms with van der Waals surface area (Å²) in [7, 11) is 0. The molecule has 0 fully saturated rings. The van der Waals surface area contributed by atoms with Gasteiger partial charge in [0.25, 0.3) is 5.91 Å². The van der Waals surface area contributed by atoms with Crippen LogP contribution in [0.4, 0.5) is 0 Å². The molecule has 0 saturated heterocycles. The molecule has 0 spiro atoms. The van der Waals surface area contributed by atoms with Gasteiger partial charge in [-0.25, -0.2) is 9.97 Å². The normalized spacial score (nSPS) is 13.9. The van der Waals surface area contributed by atoms with Gasteiger partial charge in [-0.05, 0) is 50.5 Å². The van der Waals surface area contributed by atoms with Crippen LogP contribution in [0.1, 0.15) is 46.6 Å². The highest BCUT2D eigenvalue weighted by Gasteiger charge is 2.11. The van der Waals surface area contributed by atoms with Crippen LogP contribution in [0.25, 0.3) is 0 Å². The molecule has 6 nitrogen and oxygen atoms in total. The number of amides is 1. The number of hydrazine groups is 1. The molecule has 27 heavy (non-hydrogen) atoms. The van der Waals surface area contributed by atoms with Gasteiger partial charge in [0.2, 0.25) is 0 Å². The quantitative estimate of drug-likeness (QED) is 0.453. The molecule has 1 aliphatic rings. The predicted molar refractivity (Wildman–Crippen MR) is 105 cm³/mol. The molecule has 1 aromatic heterocycles. The topological polar surface area (TPSA) is 84.0 Å². The lowest BCUT2D eigenvalue weighted by molar-refractivity contribution is -0.115. The third-order valence-electron chi connectivity index (χ3n) is 4.09. The number of rotatable bonds is 6. The number of hydrogen-bond donors (Lipinski definition) is 2. The van der Waals surface area contributed by atoms with Gasteiger partial charge < -0.3 is 5.43 Å². The van der Waals surface area contributed by atoms with Gasteiger partial charge in [0, 0.05) is 40.9 Å². The van der Waals surface area contributed by atoms with E-state index in [4.69, 9.17) is 0 Å². The molecule has 140 valence electrons. The number of nitrogens with one attached hydrogen (secondary N) is 2. The predicted octanol–water partition coefficient (Wildman–Crippen LogP) is 3.26. The first-order valence-electron chi connectivity index (χ1n) is 8.83. The Morgan fingerprint density at radius 3 is 2.48 bits per heavy atom. The highest BCUT2D eigenvalue weighted by molar-refractivity contribution is 7.98. The number of nitrogens with zero attached hydrogens (tertiary/aromatic N) is 2. The van der Waals surface area contributed by atoms with Crippen LogP contribution in [-0.2, 0) is 10.5 Å². The van der Waals surface area contributed by atoms with E-state index in [9.17, 15) is 9.59 Å². The van der Waals surface area contributed by atoms with Crippen LogP contribution in [0.2, 0.25) is 0 Å². The van der Waals surface area contributed by atoms with E-state index in [2.05, 4.69) is 20.8 Å². The number of ketones is 1. The van der Waals surface area contributed by atoms with Crippen molar-refractivity contribution in [2.75, 3.05) is 0 Å². The summed E-state index contributed by atoms with van der Waals surface area (Å²) in [6.07, 6.45) is 3.71. The summed E-state index contributed by atoms with van der Waals surface area (Å²) in [5, 5.41) is 0.758. The lowest BCUT2D eigenvalue weighted by Gasteiger charge is -2.15. The first-order valence-corrected chi connectivity index (χ1v) is 9.82. The minimum absolute atomic E-state index is 0.0904. The van der Waals surface area contributed by atoms with Gasteiger partial charge in [-0.2, -0.15) is 0 Å². The molecule has 1 aromatic carbocycles. The van der Waals surface area contributed by atoms with Crippen LogP contribution in [0.5, 0.6) is 0 Å². The van der Waals surface area contributed by atoms with E-state index in [1.165, 1.54) is 0 Å². The number of benzene rings is 1. The first kappa shape index (κ1) is 19.1. The van der Waals surface area contributed by atoms with Crippen molar-refractivity contribution in [3.63, 3.8) is 0 Å². The molecule has 2 N–H and O–H groups in total. The summed E-state index contributed by atoms with van der Waals surface area (Å²) >= 11 is 1.57. The molecule has 0 saturated carbocycles. The van der Waals surface area contributed by atoms with Crippen LogP contribution in [0, 0.1) is 13.8 Å². The highest BCUT2D eigenvalue weighted by Crippen LogP contribution is 2.20. The Morgan fingerprint density at radius 1 is 1.11 bits per heavy atom. The van der Waals surface area contributed by atoms with E-state index in [-0.39, 0.29) is 11.7 Å². The second-order valence-corrected chi connectivity index (χ2v) is 7.43. The second-order valence-electron chi connectivity index (χ2n) is 6.49. The lowest BCUT2D eigenvalue weighted by Crippen LogP contribution is -2.37. The average Bonchev–Trinajstić information content (AvgIpc) is 2.64. The molecular formula is C20H22N4O2S. The van der Waals surface area contributed by atoms with Gasteiger partial charge in [-0.3, -0.25) is 15.0 Å². The van der Waals surface area contributed by atoms with E-state index in [1.807, 2.05) is 32.0 Å². The van der Waals surface area contributed by atoms with Crippen molar-refractivity contribution in [3.05, 3.63) is 64.6 Å². The van der Waals surface area contributed by atoms with Gasteiger partial charge >= 0.3 is 0 Å². The number of hydrogen-bond acceptors (Lipinski definition) is 6. The standard InChI is InChI=1S/C20H22N4O2S/c1-13-10-14(2)22-20(21-13)27-12-15-6-8-16(9-7-15)19(26)24-23-17-4-3-5-18(25)11-17/h6-11,23H,3-5,12H2,1-2H3,(H,24,26). The summed E-state index contributed by atoms with van der Waals surface area (Å²) in [6, 6.07) is 9.37. The summed E-state index contributed by atoms with van der Waals surface area (Å²) in [4.78, 5) is 32.4. The van der Waals surface area contributed by atoms with Gasteiger partial charge in [0.05, 0.1) is 0 Å². The zero-order valence-corrected chi connectivity index (χ0v) is 16.2. The minimum Gasteiger partial charge on any atom is -0.302 e. The zero-order chi connectivity index (χ0) is 19.2. The number of allylic oxidation sites excluding steroid dienone is 2. The third kappa shape index (κ3) is 5.65. The van der Waals surface area contributed by atoms with Gasteiger partial charge in [0.15, 0.2) is 10.9 Å². The second kappa shape index (κ2) is 8.81. The van der Waals surface area contributed by atoms with Crippen molar-refractivity contribution < 1.29 is 9.59 Å². The summed E-state index contributed by atoms with van der Waals surface area (Å²) < 4.78 is 0. The largest absolute Gasteiger partial charge is 0.302 e. The molecule has 2 aromatic rings. The maximum Gasteiger partial charge on any atom is 0.269 e. The maximum atomic E-state index is 12.2. The SMILES string of the molecule is Cc1cc(C)nc(SCc2ccc(C(=O)NNC3=CC(=O)CCC3)cc2)n1. The third-order valence-corrected chi connectivity index (χ3v) is 5.01. The summed E-state index contributed by atoms with van der Waals surface area (Å²) in [6.45, 7) is 3.92. The minimum atomic E-state index is -0.231. The smallest absolute Gasteiger partial charge is 0.269 e. The Hall–Kier alpha value is -2.67. The molecule has 0 atom stereocenters. The Labute approximate surface area is 162 Å². The molecule has 0 aliphatic heterocycles. The van der Waals surface area contributed by atoms with E-state index in [0.29, 0.717) is 12.0 Å². The fourth-order valence-corrected chi connectivity index (χ4v) is 3.66. The van der Waals surface area contributed by atoms with Crippen molar-refractivity contribution in [3.8, 4) is 0 Å². The summed E-state index contributed by atoms with van der Waals surface area (Å²) in [5.74, 6) is 0.594. The molecule has 1 heterocycles. The average molecular weight is 382 g/mol. The molecule has 3 rings (SSSR count). The van der Waals surface area contributed by atoms with Crippen LogP contribution in [-0.4, -0.2) is 21.7 Å². The first-order chi connectivity index (χ1) is 13.0. The number of carbonyl (C=O) groups is 2. The van der Waals surface area contributed by atoms with Crippen LogP contribution < -0.4 is 10.9 Å². The van der Waals surface area contributed by atoms with E-state index >= 15 is 0 Å². The van der Waals surface area contributed by atoms with Crippen molar-refractivity contribution in [1.82, 2.24) is 20.8 Å². The molecule has 0 unspecified atom stereocenters. The molecule has 7 heteroatoms. The number of aromatic nitrogens is 2.